The number of carbonyl (C=O) groups is 1. The molecule has 2 aromatic carbocycles. The fraction of sp³-hybridized carbons (Fsp3) is 0.559. The lowest BCUT2D eigenvalue weighted by atomic mass is 9.96. The summed E-state index contributed by atoms with van der Waals surface area (Å²) in [5, 5.41) is 112. The molecule has 0 aliphatic carbocycles. The summed E-state index contributed by atoms with van der Waals surface area (Å²) in [5.74, 6) is -2.62. The van der Waals surface area contributed by atoms with E-state index in [0.29, 0.717) is 5.56 Å². The molecule has 3 aliphatic heterocycles. The van der Waals surface area contributed by atoms with Crippen molar-refractivity contribution in [2.75, 3.05) is 19.8 Å². The summed E-state index contributed by atoms with van der Waals surface area (Å²) in [6, 6.07) is 7.83. The second-order valence-electron chi connectivity index (χ2n) is 12.8. The summed E-state index contributed by atoms with van der Waals surface area (Å²) in [5.41, 5.74) is 0.813. The highest BCUT2D eigenvalue weighted by Crippen LogP contribution is 2.33. The first-order valence-electron chi connectivity index (χ1n) is 16.6. The topological polar surface area (TPSA) is 304 Å². The average Bonchev–Trinajstić information content (AvgIpc) is 3.13. The third-order valence-electron chi connectivity index (χ3n) is 8.97. The molecule has 294 valence electrons. The van der Waals surface area contributed by atoms with Gasteiger partial charge < -0.3 is 89.3 Å². The molecule has 53 heavy (non-hydrogen) atoms. The zero-order chi connectivity index (χ0) is 38.6. The highest BCUT2D eigenvalue weighted by Gasteiger charge is 2.53. The maximum absolute atomic E-state index is 13.2. The number of hydrogen-bond donors (Lipinski definition) is 11. The van der Waals surface area contributed by atoms with Gasteiger partial charge in [0.2, 0.25) is 0 Å². The summed E-state index contributed by atoms with van der Waals surface area (Å²) < 4.78 is 40.1. The molecule has 0 amide bonds. The van der Waals surface area contributed by atoms with Crippen molar-refractivity contribution in [2.45, 2.75) is 99.4 Å². The molecule has 3 saturated heterocycles. The van der Waals surface area contributed by atoms with Gasteiger partial charge in [-0.25, -0.2) is 4.79 Å². The lowest BCUT2D eigenvalue weighted by Crippen LogP contribution is -2.65. The van der Waals surface area contributed by atoms with E-state index in [1.54, 1.807) is 0 Å². The molecule has 5 rings (SSSR count). The number of aromatic hydroxyl groups is 4. The molecule has 0 bridgehead atoms. The minimum absolute atomic E-state index is 0.136. The second-order valence-corrected chi connectivity index (χ2v) is 12.8. The Bertz CT molecular complexity index is 1560. The van der Waals surface area contributed by atoms with Crippen LogP contribution < -0.4 is 0 Å². The van der Waals surface area contributed by atoms with E-state index in [1.807, 2.05) is 0 Å². The van der Waals surface area contributed by atoms with Gasteiger partial charge >= 0.3 is 5.97 Å². The highest BCUT2D eigenvalue weighted by molar-refractivity contribution is 5.87. The number of ether oxygens (including phenoxy) is 7. The molecule has 2 aromatic rings. The molecule has 11 N–H and O–H groups in total. The fourth-order valence-electron chi connectivity index (χ4n) is 5.86. The summed E-state index contributed by atoms with van der Waals surface area (Å²) in [6.45, 7) is 0.237. The number of phenolic OH excluding ortho intramolecular Hbond substituents is 4. The molecule has 19 nitrogen and oxygen atoms in total. The number of rotatable bonds is 12. The van der Waals surface area contributed by atoms with Crippen LogP contribution in [0.1, 0.15) is 18.1 Å². The van der Waals surface area contributed by atoms with Crippen LogP contribution >= 0.6 is 0 Å². The fourth-order valence-corrected chi connectivity index (χ4v) is 5.86. The quantitative estimate of drug-likeness (QED) is 0.0603. The first-order chi connectivity index (χ1) is 25.1. The summed E-state index contributed by atoms with van der Waals surface area (Å²) in [7, 11) is 0. The van der Waals surface area contributed by atoms with Crippen LogP contribution in [0, 0.1) is 0 Å². The molecule has 14 atom stereocenters. The summed E-state index contributed by atoms with van der Waals surface area (Å²) in [4.78, 5) is 13.2. The van der Waals surface area contributed by atoms with E-state index >= 15 is 0 Å². The van der Waals surface area contributed by atoms with E-state index in [-0.39, 0.29) is 30.1 Å². The van der Waals surface area contributed by atoms with Crippen molar-refractivity contribution in [1.29, 1.82) is 0 Å². The Morgan fingerprint density at radius 2 is 1.42 bits per heavy atom. The van der Waals surface area contributed by atoms with Crippen LogP contribution in [0.25, 0.3) is 6.08 Å². The lowest BCUT2D eigenvalue weighted by molar-refractivity contribution is -0.362. The Kier molecular flexibility index (Phi) is 13.5. The van der Waals surface area contributed by atoms with Gasteiger partial charge in [-0.2, -0.15) is 0 Å². The van der Waals surface area contributed by atoms with E-state index in [9.17, 15) is 61.0 Å². The highest BCUT2D eigenvalue weighted by atomic mass is 16.8. The molecule has 19 heteroatoms. The van der Waals surface area contributed by atoms with E-state index in [1.165, 1.54) is 49.4 Å². The molecule has 3 aliphatic rings. The van der Waals surface area contributed by atoms with E-state index in [0.717, 1.165) is 6.08 Å². The van der Waals surface area contributed by atoms with Crippen LogP contribution in [0.3, 0.4) is 0 Å². The Balaban J connectivity index is 1.42. The Morgan fingerprint density at radius 1 is 0.736 bits per heavy atom. The number of aliphatic hydroxyl groups is 7. The van der Waals surface area contributed by atoms with Crippen molar-refractivity contribution >= 4 is 12.0 Å². The van der Waals surface area contributed by atoms with Gasteiger partial charge in [-0.1, -0.05) is 12.1 Å². The molecule has 0 aromatic heterocycles. The first-order valence-corrected chi connectivity index (χ1v) is 16.6. The van der Waals surface area contributed by atoms with Crippen molar-refractivity contribution in [3.05, 3.63) is 53.6 Å². The zero-order valence-electron chi connectivity index (χ0n) is 28.2. The van der Waals surface area contributed by atoms with Crippen molar-refractivity contribution < 1.29 is 94.1 Å². The normalized spacial score (nSPS) is 36.4. The van der Waals surface area contributed by atoms with Gasteiger partial charge in [-0.15, -0.1) is 0 Å². The van der Waals surface area contributed by atoms with Crippen LogP contribution in [0.4, 0.5) is 0 Å². The molecular formula is C34H44O19. The van der Waals surface area contributed by atoms with Gasteiger partial charge in [0.1, 0.15) is 54.9 Å². The van der Waals surface area contributed by atoms with Crippen LogP contribution in [0.5, 0.6) is 23.0 Å². The predicted octanol–water partition coefficient (Wildman–Crippen LogP) is -2.55. The van der Waals surface area contributed by atoms with Gasteiger partial charge in [0.15, 0.2) is 48.0 Å². The van der Waals surface area contributed by atoms with E-state index in [2.05, 4.69) is 0 Å². The van der Waals surface area contributed by atoms with Gasteiger partial charge in [0.05, 0.1) is 25.9 Å². The van der Waals surface area contributed by atoms with Gasteiger partial charge in [-0.05, 0) is 54.8 Å². The number of hydrogen-bond acceptors (Lipinski definition) is 19. The average molecular weight is 757 g/mol. The van der Waals surface area contributed by atoms with Gasteiger partial charge in [-0.3, -0.25) is 0 Å². The van der Waals surface area contributed by atoms with E-state index in [4.69, 9.17) is 33.2 Å². The third kappa shape index (κ3) is 9.72. The number of benzene rings is 2. The van der Waals surface area contributed by atoms with Crippen molar-refractivity contribution in [1.82, 2.24) is 0 Å². The molecule has 3 heterocycles. The number of phenols is 4. The van der Waals surface area contributed by atoms with Crippen molar-refractivity contribution in [2.24, 2.45) is 0 Å². The third-order valence-corrected chi connectivity index (χ3v) is 8.97. The first kappa shape index (κ1) is 40.5. The van der Waals surface area contributed by atoms with E-state index < -0.39 is 117 Å². The van der Waals surface area contributed by atoms with Crippen LogP contribution in [0.15, 0.2) is 42.5 Å². The van der Waals surface area contributed by atoms with Crippen LogP contribution in [0.2, 0.25) is 0 Å². The summed E-state index contributed by atoms with van der Waals surface area (Å²) in [6.07, 6.45) is -20.0. The molecular weight excluding hydrogens is 712 g/mol. The molecule has 0 unspecified atom stereocenters. The molecule has 0 saturated carbocycles. The smallest absolute Gasteiger partial charge is 0.331 e. The second kappa shape index (κ2) is 17.6. The number of carbonyl (C=O) groups excluding carboxylic acids is 1. The van der Waals surface area contributed by atoms with Crippen LogP contribution in [-0.2, 0) is 44.4 Å². The largest absolute Gasteiger partial charge is 0.504 e. The van der Waals surface area contributed by atoms with Crippen molar-refractivity contribution in [3.63, 3.8) is 0 Å². The minimum atomic E-state index is -1.86. The zero-order valence-corrected chi connectivity index (χ0v) is 28.2. The molecule has 0 radical (unpaired) electrons. The number of esters is 1. The number of aliphatic hydroxyl groups excluding tert-OH is 7. The maximum Gasteiger partial charge on any atom is 0.331 e. The van der Waals surface area contributed by atoms with Gasteiger partial charge in [0.25, 0.3) is 0 Å². The Hall–Kier alpha value is -3.67. The SMILES string of the molecule is C[C@@H]1O[C@@H](O[C@@H]2[C@@H](O)[C@H](OCCc3ccc(O)c(O)c3)O[C@H](CO[C@@H]3OC[C@@H](O)[C@H](O)[C@H]3O)[C@H]2OC(=O)C=Cc2ccc(O)c(O)c2)[C@H](O)[C@H](O)[C@H]1O. The lowest BCUT2D eigenvalue weighted by Gasteiger charge is -2.47. The monoisotopic (exact) mass is 756 g/mol. The summed E-state index contributed by atoms with van der Waals surface area (Å²) >= 11 is 0. The molecule has 3 fully saturated rings. The Morgan fingerprint density at radius 3 is 2.11 bits per heavy atom. The standard InChI is InChI=1S/C34H44O19/c1-14-24(41)26(43)28(45)34(50-14)53-31-29(46)33(47-9-8-16-3-6-18(36)20(38)11-16)51-22(13-49-32-27(44)25(42)21(39)12-48-32)30(31)52-23(40)7-4-15-2-5-17(35)19(37)10-15/h2-7,10-11,14,21-22,24-39,41-46H,8-9,12-13H2,1H3/t14-,21+,22+,24-,25-,26+,27+,28+,29+,30+,31+,32-,33+,34-/m0/s1. The van der Waals surface area contributed by atoms with Crippen molar-refractivity contribution in [3.8, 4) is 23.0 Å². The van der Waals surface area contributed by atoms with Crippen LogP contribution in [-0.4, -0.2) is 168 Å². The maximum atomic E-state index is 13.2. The minimum Gasteiger partial charge on any atom is -0.504 e. The predicted molar refractivity (Wildman–Crippen MR) is 174 cm³/mol. The molecule has 0 spiro atoms. The van der Waals surface area contributed by atoms with Gasteiger partial charge in [0, 0.05) is 6.08 Å². The Labute approximate surface area is 302 Å².